The van der Waals surface area contributed by atoms with Crippen molar-refractivity contribution in [3.63, 3.8) is 0 Å². The monoisotopic (exact) mass is 282 g/mol. The van der Waals surface area contributed by atoms with Crippen molar-refractivity contribution >= 4 is 17.7 Å². The number of nitrogens with one attached hydrogen (secondary N) is 1. The van der Waals surface area contributed by atoms with Crippen LogP contribution in [0.3, 0.4) is 0 Å². The lowest BCUT2D eigenvalue weighted by Gasteiger charge is -2.10. The fourth-order valence-electron chi connectivity index (χ4n) is 1.95. The van der Waals surface area contributed by atoms with E-state index < -0.39 is 0 Å². The Kier molecular flexibility index (Phi) is 4.66. The van der Waals surface area contributed by atoms with Crippen LogP contribution in [0.5, 0.6) is 0 Å². The van der Waals surface area contributed by atoms with Gasteiger partial charge >= 0.3 is 0 Å². The first-order valence-electron chi connectivity index (χ1n) is 6.66. The van der Waals surface area contributed by atoms with Gasteiger partial charge in [-0.1, -0.05) is 18.2 Å². The van der Waals surface area contributed by atoms with E-state index >= 15 is 0 Å². The van der Waals surface area contributed by atoms with Crippen molar-refractivity contribution in [2.45, 2.75) is 6.92 Å². The zero-order valence-electron chi connectivity index (χ0n) is 12.0. The number of anilines is 1. The van der Waals surface area contributed by atoms with Crippen molar-refractivity contribution in [1.29, 1.82) is 0 Å². The molecule has 0 fully saturated rings. The minimum atomic E-state index is -0.150. The van der Waals surface area contributed by atoms with Crippen LogP contribution < -0.4 is 10.9 Å². The van der Waals surface area contributed by atoms with Gasteiger partial charge in [0.1, 0.15) is 17.0 Å². The second-order valence-electron chi connectivity index (χ2n) is 4.52. The number of pyridine rings is 1. The first kappa shape index (κ1) is 14.7. The quantitative estimate of drug-likeness (QED) is 0.653. The molecule has 108 valence electrons. The molecule has 0 saturated carbocycles. The van der Waals surface area contributed by atoms with Crippen LogP contribution in [0.15, 0.2) is 53.4 Å². The molecule has 0 spiro atoms. The van der Waals surface area contributed by atoms with Gasteiger partial charge in [-0.25, -0.2) is 4.98 Å². The number of nitrogens with zero attached hydrogens (tertiary/aromatic N) is 3. The molecule has 0 radical (unpaired) electrons. The van der Waals surface area contributed by atoms with Gasteiger partial charge in [0.05, 0.1) is 6.54 Å². The molecule has 1 N–H and O–H groups in total. The average molecular weight is 282 g/mol. The second-order valence-corrected chi connectivity index (χ2v) is 4.52. The summed E-state index contributed by atoms with van der Waals surface area (Å²) in [5.74, 6) is 0.516. The summed E-state index contributed by atoms with van der Waals surface area (Å²) in [4.78, 5) is 21.3. The van der Waals surface area contributed by atoms with Gasteiger partial charge in [-0.3, -0.25) is 14.2 Å². The number of aryl methyl sites for hydroxylation is 1. The number of hydrogen-bond acceptors (Lipinski definition) is 4. The molecule has 0 amide bonds. The van der Waals surface area contributed by atoms with Crippen molar-refractivity contribution in [2.75, 3.05) is 18.4 Å². The van der Waals surface area contributed by atoms with E-state index in [1.165, 1.54) is 10.6 Å². The highest BCUT2D eigenvalue weighted by molar-refractivity contribution is 5.86. The highest BCUT2D eigenvalue weighted by atomic mass is 16.1. The lowest BCUT2D eigenvalue weighted by atomic mass is 10.2. The number of hydrogen-bond donors (Lipinski definition) is 1. The van der Waals surface area contributed by atoms with Crippen molar-refractivity contribution < 1.29 is 0 Å². The molecule has 5 heteroatoms. The topological polar surface area (TPSA) is 58.8 Å². The Morgan fingerprint density at radius 2 is 2.24 bits per heavy atom. The van der Waals surface area contributed by atoms with Gasteiger partial charge in [0.25, 0.3) is 5.56 Å². The maximum absolute atomic E-state index is 12.6. The normalized spacial score (nSPS) is 10.9. The molecule has 0 aromatic carbocycles. The van der Waals surface area contributed by atoms with Gasteiger partial charge in [-0.2, -0.15) is 0 Å². The molecule has 2 aromatic rings. The van der Waals surface area contributed by atoms with Crippen LogP contribution >= 0.6 is 0 Å². The summed E-state index contributed by atoms with van der Waals surface area (Å²) in [7, 11) is 0. The third-order valence-corrected chi connectivity index (χ3v) is 2.95. The smallest absolute Gasteiger partial charge is 0.268 e. The second kappa shape index (κ2) is 6.65. The van der Waals surface area contributed by atoms with E-state index in [9.17, 15) is 4.79 Å². The molecule has 2 rings (SSSR count). The summed E-state index contributed by atoms with van der Waals surface area (Å²) in [6, 6.07) is 3.75. The Morgan fingerprint density at radius 3 is 2.95 bits per heavy atom. The number of rotatable bonds is 6. The van der Waals surface area contributed by atoms with Crippen molar-refractivity contribution in [3.05, 3.63) is 65.1 Å². The third kappa shape index (κ3) is 3.08. The Labute approximate surface area is 123 Å². The highest BCUT2D eigenvalue weighted by Gasteiger charge is 2.11. The van der Waals surface area contributed by atoms with Gasteiger partial charge in [0.15, 0.2) is 0 Å². The maximum Gasteiger partial charge on any atom is 0.268 e. The van der Waals surface area contributed by atoms with E-state index in [2.05, 4.69) is 28.5 Å². The van der Waals surface area contributed by atoms with Crippen LogP contribution in [-0.4, -0.2) is 28.7 Å². The summed E-state index contributed by atoms with van der Waals surface area (Å²) >= 11 is 0. The third-order valence-electron chi connectivity index (χ3n) is 2.95. The molecule has 0 aliphatic heterocycles. The minimum absolute atomic E-state index is 0.150. The Balaban J connectivity index is 2.67. The summed E-state index contributed by atoms with van der Waals surface area (Å²) in [6.07, 6.45) is 6.63. The standard InChI is InChI=1S/C16H18N4O/c1-4-8-17-11-13-14(18-9-5-2)19-15-12(3)7-6-10-20(15)16(13)21/h4-7,10-11,18H,1-2,8-9H2,3H3/b17-11+. The lowest BCUT2D eigenvalue weighted by molar-refractivity contribution is 1.02. The predicted octanol–water partition coefficient (Wildman–Crippen LogP) is 2.21. The van der Waals surface area contributed by atoms with E-state index in [1.54, 1.807) is 18.3 Å². The largest absolute Gasteiger partial charge is 0.366 e. The van der Waals surface area contributed by atoms with Crippen LogP contribution in [0.1, 0.15) is 11.1 Å². The van der Waals surface area contributed by atoms with E-state index in [0.717, 1.165) is 5.56 Å². The van der Waals surface area contributed by atoms with Crippen LogP contribution in [0, 0.1) is 6.92 Å². The molecular formula is C16H18N4O. The Morgan fingerprint density at radius 1 is 1.43 bits per heavy atom. The van der Waals surface area contributed by atoms with Gasteiger partial charge in [0.2, 0.25) is 0 Å². The summed E-state index contributed by atoms with van der Waals surface area (Å²) in [5.41, 5.74) is 1.85. The van der Waals surface area contributed by atoms with Gasteiger partial charge in [-0.05, 0) is 18.6 Å². The zero-order chi connectivity index (χ0) is 15.2. The minimum Gasteiger partial charge on any atom is -0.366 e. The average Bonchev–Trinajstić information content (AvgIpc) is 2.49. The fraction of sp³-hybridized carbons (Fsp3) is 0.188. The molecule has 0 saturated heterocycles. The Hall–Kier alpha value is -2.69. The van der Waals surface area contributed by atoms with Gasteiger partial charge in [-0.15, -0.1) is 13.2 Å². The summed E-state index contributed by atoms with van der Waals surface area (Å²) < 4.78 is 1.53. The Bertz CT molecular complexity index is 759. The van der Waals surface area contributed by atoms with E-state index in [1.807, 2.05) is 19.1 Å². The maximum atomic E-state index is 12.6. The van der Waals surface area contributed by atoms with Crippen LogP contribution in [0.4, 0.5) is 5.82 Å². The first-order chi connectivity index (χ1) is 10.2. The molecule has 0 aliphatic rings. The van der Waals surface area contributed by atoms with Gasteiger partial charge in [0, 0.05) is 19.0 Å². The molecule has 0 aliphatic carbocycles. The summed E-state index contributed by atoms with van der Waals surface area (Å²) in [6.45, 7) is 10.2. The lowest BCUT2D eigenvalue weighted by Crippen LogP contribution is -2.23. The molecule has 0 unspecified atom stereocenters. The van der Waals surface area contributed by atoms with Crippen LogP contribution in [0.2, 0.25) is 0 Å². The SMILES string of the molecule is C=CC/N=C/c1c(NCC=C)nc2c(C)cccn2c1=O. The molecule has 0 bridgehead atoms. The first-order valence-corrected chi connectivity index (χ1v) is 6.66. The fourth-order valence-corrected chi connectivity index (χ4v) is 1.95. The predicted molar refractivity (Wildman–Crippen MR) is 87.5 cm³/mol. The zero-order valence-corrected chi connectivity index (χ0v) is 12.0. The van der Waals surface area contributed by atoms with Crippen LogP contribution in [0.25, 0.3) is 5.65 Å². The number of fused-ring (bicyclic) bond motifs is 1. The van der Waals surface area contributed by atoms with Crippen molar-refractivity contribution in [3.8, 4) is 0 Å². The molecule has 2 aromatic heterocycles. The molecular weight excluding hydrogens is 264 g/mol. The van der Waals surface area contributed by atoms with E-state index in [-0.39, 0.29) is 5.56 Å². The summed E-state index contributed by atoms with van der Waals surface area (Å²) in [5, 5.41) is 3.09. The molecule has 2 heterocycles. The van der Waals surface area contributed by atoms with Crippen molar-refractivity contribution in [1.82, 2.24) is 9.38 Å². The number of aliphatic imine (C=N–C) groups is 1. The molecule has 0 atom stereocenters. The van der Waals surface area contributed by atoms with Crippen LogP contribution in [-0.2, 0) is 0 Å². The molecule has 21 heavy (non-hydrogen) atoms. The van der Waals surface area contributed by atoms with E-state index in [4.69, 9.17) is 0 Å². The highest BCUT2D eigenvalue weighted by Crippen LogP contribution is 2.12. The van der Waals surface area contributed by atoms with Gasteiger partial charge < -0.3 is 5.32 Å². The van der Waals surface area contributed by atoms with E-state index in [0.29, 0.717) is 30.1 Å². The number of aromatic nitrogens is 2. The van der Waals surface area contributed by atoms with Crippen molar-refractivity contribution in [2.24, 2.45) is 4.99 Å². The molecule has 5 nitrogen and oxygen atoms in total.